The van der Waals surface area contributed by atoms with E-state index in [0.717, 1.165) is 21.8 Å². The molecule has 0 aromatic heterocycles. The Morgan fingerprint density at radius 2 is 1.93 bits per heavy atom. The SMILES string of the molecule is O=C(NC1CCOc2ccccc21)c1ccc(CN2C(=O)CNC2=O)cc1. The van der Waals surface area contributed by atoms with Gasteiger partial charge in [0.1, 0.15) is 5.75 Å². The van der Waals surface area contributed by atoms with Crippen LogP contribution in [0.2, 0.25) is 0 Å². The first-order chi connectivity index (χ1) is 13.1. The fourth-order valence-electron chi connectivity index (χ4n) is 3.29. The molecular weight excluding hydrogens is 346 g/mol. The predicted octanol–water partition coefficient (Wildman–Crippen LogP) is 1.99. The number of amides is 4. The molecule has 0 aliphatic carbocycles. The number of nitrogens with one attached hydrogen (secondary N) is 2. The first-order valence-electron chi connectivity index (χ1n) is 8.81. The Bertz CT molecular complexity index is 878. The first kappa shape index (κ1) is 17.1. The highest BCUT2D eigenvalue weighted by molar-refractivity contribution is 6.01. The maximum atomic E-state index is 12.6. The number of carbonyl (C=O) groups excluding carboxylic acids is 3. The second-order valence-corrected chi connectivity index (χ2v) is 6.54. The standard InChI is InChI=1S/C20H19N3O4/c24-18-11-21-20(26)23(18)12-13-5-7-14(8-6-13)19(25)22-16-9-10-27-17-4-2-1-3-15(16)17/h1-8,16H,9-12H2,(H,21,26)(H,22,25). The van der Waals surface area contributed by atoms with Crippen molar-refractivity contribution in [2.45, 2.75) is 19.0 Å². The van der Waals surface area contributed by atoms with Crippen LogP contribution in [0.1, 0.15) is 33.9 Å². The van der Waals surface area contributed by atoms with Gasteiger partial charge in [-0.3, -0.25) is 14.5 Å². The number of benzene rings is 2. The Morgan fingerprint density at radius 1 is 1.15 bits per heavy atom. The van der Waals surface area contributed by atoms with Crippen molar-refractivity contribution >= 4 is 17.8 Å². The molecule has 7 heteroatoms. The molecule has 0 spiro atoms. The summed E-state index contributed by atoms with van der Waals surface area (Å²) < 4.78 is 5.62. The highest BCUT2D eigenvalue weighted by atomic mass is 16.5. The van der Waals surface area contributed by atoms with Gasteiger partial charge in [0, 0.05) is 17.5 Å². The minimum absolute atomic E-state index is 0.0336. The van der Waals surface area contributed by atoms with E-state index in [9.17, 15) is 14.4 Å². The minimum atomic E-state index is -0.389. The fraction of sp³-hybridized carbons (Fsp3) is 0.250. The number of hydrogen-bond donors (Lipinski definition) is 2. The lowest BCUT2D eigenvalue weighted by atomic mass is 10.00. The molecule has 0 bridgehead atoms. The van der Waals surface area contributed by atoms with E-state index in [0.29, 0.717) is 18.6 Å². The Morgan fingerprint density at radius 3 is 2.67 bits per heavy atom. The second kappa shape index (κ2) is 7.11. The highest BCUT2D eigenvalue weighted by Crippen LogP contribution is 2.31. The third-order valence-corrected chi connectivity index (χ3v) is 4.76. The number of nitrogens with zero attached hydrogens (tertiary/aromatic N) is 1. The van der Waals surface area contributed by atoms with E-state index < -0.39 is 0 Å². The van der Waals surface area contributed by atoms with E-state index in [-0.39, 0.29) is 37.0 Å². The van der Waals surface area contributed by atoms with Gasteiger partial charge in [0.2, 0.25) is 5.91 Å². The van der Waals surface area contributed by atoms with Crippen molar-refractivity contribution in [3.05, 3.63) is 65.2 Å². The quantitative estimate of drug-likeness (QED) is 0.811. The van der Waals surface area contributed by atoms with Crippen molar-refractivity contribution in [3.63, 3.8) is 0 Å². The molecule has 4 rings (SSSR count). The van der Waals surface area contributed by atoms with Crippen molar-refractivity contribution in [3.8, 4) is 5.75 Å². The van der Waals surface area contributed by atoms with Crippen LogP contribution in [0.25, 0.3) is 0 Å². The second-order valence-electron chi connectivity index (χ2n) is 6.54. The molecule has 1 atom stereocenters. The summed E-state index contributed by atoms with van der Waals surface area (Å²) in [5.41, 5.74) is 2.29. The topological polar surface area (TPSA) is 87.7 Å². The summed E-state index contributed by atoms with van der Waals surface area (Å²) in [6, 6.07) is 14.1. The van der Waals surface area contributed by atoms with Gasteiger partial charge in [0.05, 0.1) is 25.7 Å². The van der Waals surface area contributed by atoms with Gasteiger partial charge in [-0.05, 0) is 23.8 Å². The number of rotatable bonds is 4. The molecule has 1 saturated heterocycles. The minimum Gasteiger partial charge on any atom is -0.493 e. The number of carbonyl (C=O) groups is 3. The molecule has 2 N–H and O–H groups in total. The van der Waals surface area contributed by atoms with Gasteiger partial charge in [0.15, 0.2) is 0 Å². The van der Waals surface area contributed by atoms with Crippen LogP contribution in [0.15, 0.2) is 48.5 Å². The molecule has 138 valence electrons. The lowest BCUT2D eigenvalue weighted by Crippen LogP contribution is -2.32. The predicted molar refractivity (Wildman–Crippen MR) is 97.2 cm³/mol. The van der Waals surface area contributed by atoms with Gasteiger partial charge in [-0.2, -0.15) is 0 Å². The lowest BCUT2D eigenvalue weighted by Gasteiger charge is -2.26. The zero-order valence-electron chi connectivity index (χ0n) is 14.6. The Labute approximate surface area is 156 Å². The Kier molecular flexibility index (Phi) is 4.50. The summed E-state index contributed by atoms with van der Waals surface area (Å²) in [5.74, 6) is 0.385. The van der Waals surface area contributed by atoms with E-state index >= 15 is 0 Å². The molecule has 1 fully saturated rings. The number of para-hydroxylation sites is 1. The van der Waals surface area contributed by atoms with Gasteiger partial charge in [-0.15, -0.1) is 0 Å². The Balaban J connectivity index is 1.43. The molecule has 0 radical (unpaired) electrons. The van der Waals surface area contributed by atoms with Crippen LogP contribution >= 0.6 is 0 Å². The maximum absolute atomic E-state index is 12.6. The average molecular weight is 365 g/mol. The molecule has 0 saturated carbocycles. The third kappa shape index (κ3) is 3.48. The smallest absolute Gasteiger partial charge is 0.324 e. The number of ether oxygens (including phenoxy) is 1. The normalized spacial score (nSPS) is 18.5. The first-order valence-corrected chi connectivity index (χ1v) is 8.81. The molecule has 7 nitrogen and oxygen atoms in total. The van der Waals surface area contributed by atoms with E-state index in [4.69, 9.17) is 4.74 Å². The number of hydrogen-bond acceptors (Lipinski definition) is 4. The Hall–Kier alpha value is -3.35. The molecule has 2 aliphatic heterocycles. The van der Waals surface area contributed by atoms with E-state index in [2.05, 4.69) is 10.6 Å². The van der Waals surface area contributed by atoms with Crippen molar-refractivity contribution in [1.82, 2.24) is 15.5 Å². The zero-order valence-corrected chi connectivity index (χ0v) is 14.6. The van der Waals surface area contributed by atoms with Gasteiger partial charge < -0.3 is 15.4 Å². The molecule has 2 aliphatic rings. The maximum Gasteiger partial charge on any atom is 0.324 e. The van der Waals surface area contributed by atoms with E-state index in [1.54, 1.807) is 24.3 Å². The largest absolute Gasteiger partial charge is 0.493 e. The van der Waals surface area contributed by atoms with E-state index in [1.807, 2.05) is 24.3 Å². The zero-order chi connectivity index (χ0) is 18.8. The molecule has 1 unspecified atom stereocenters. The molecule has 27 heavy (non-hydrogen) atoms. The third-order valence-electron chi connectivity index (χ3n) is 4.76. The van der Waals surface area contributed by atoms with Crippen LogP contribution in [-0.4, -0.2) is 35.9 Å². The van der Waals surface area contributed by atoms with Crippen molar-refractivity contribution in [1.29, 1.82) is 0 Å². The number of urea groups is 1. The van der Waals surface area contributed by atoms with Crippen LogP contribution < -0.4 is 15.4 Å². The van der Waals surface area contributed by atoms with Crippen LogP contribution in [-0.2, 0) is 11.3 Å². The number of fused-ring (bicyclic) bond motifs is 1. The molecule has 2 heterocycles. The highest BCUT2D eigenvalue weighted by Gasteiger charge is 2.28. The van der Waals surface area contributed by atoms with Crippen LogP contribution in [0, 0.1) is 0 Å². The summed E-state index contributed by atoms with van der Waals surface area (Å²) >= 11 is 0. The van der Waals surface area contributed by atoms with E-state index in [1.165, 1.54) is 0 Å². The van der Waals surface area contributed by atoms with Crippen LogP contribution in [0.5, 0.6) is 5.75 Å². The average Bonchev–Trinajstić information content (AvgIpc) is 3.01. The van der Waals surface area contributed by atoms with Gasteiger partial charge in [0.25, 0.3) is 5.91 Å². The molecule has 4 amide bonds. The molecule has 2 aromatic rings. The summed E-state index contributed by atoms with van der Waals surface area (Å²) in [6.45, 7) is 0.790. The van der Waals surface area contributed by atoms with Crippen LogP contribution in [0.3, 0.4) is 0 Å². The van der Waals surface area contributed by atoms with Gasteiger partial charge in [-0.25, -0.2) is 4.79 Å². The van der Waals surface area contributed by atoms with Gasteiger partial charge >= 0.3 is 6.03 Å². The van der Waals surface area contributed by atoms with Crippen molar-refractivity contribution < 1.29 is 19.1 Å². The van der Waals surface area contributed by atoms with Crippen LogP contribution in [0.4, 0.5) is 4.79 Å². The summed E-state index contributed by atoms with van der Waals surface area (Å²) in [5, 5.41) is 5.54. The summed E-state index contributed by atoms with van der Waals surface area (Å²) in [7, 11) is 0. The van der Waals surface area contributed by atoms with Crippen molar-refractivity contribution in [2.24, 2.45) is 0 Å². The van der Waals surface area contributed by atoms with Crippen molar-refractivity contribution in [2.75, 3.05) is 13.2 Å². The fourth-order valence-corrected chi connectivity index (χ4v) is 3.29. The number of imide groups is 1. The molecular formula is C20H19N3O4. The summed E-state index contributed by atoms with van der Waals surface area (Å²) in [6.07, 6.45) is 0.715. The lowest BCUT2D eigenvalue weighted by molar-refractivity contribution is -0.125. The summed E-state index contributed by atoms with van der Waals surface area (Å²) in [4.78, 5) is 37.0. The molecule has 2 aromatic carbocycles. The monoisotopic (exact) mass is 365 g/mol. The van der Waals surface area contributed by atoms with Gasteiger partial charge in [-0.1, -0.05) is 30.3 Å².